The minimum Gasteiger partial charge on any atom is -0.438 e. The lowest BCUT2D eigenvalue weighted by atomic mass is 10.0. The molecule has 1 aliphatic carbocycles. The normalized spacial score (nSPS) is 24.4. The van der Waals surface area contributed by atoms with Crippen LogP contribution < -0.4 is 5.32 Å². The lowest BCUT2D eigenvalue weighted by Gasteiger charge is -2.39. The summed E-state index contributed by atoms with van der Waals surface area (Å²) in [5, 5.41) is 2.96. The second-order valence-electron chi connectivity index (χ2n) is 6.82. The summed E-state index contributed by atoms with van der Waals surface area (Å²) in [7, 11) is 4.04. The van der Waals surface area contributed by atoms with Gasteiger partial charge in [0.15, 0.2) is 6.39 Å². The van der Waals surface area contributed by atoms with Crippen LogP contribution in [0.4, 0.5) is 0 Å². The van der Waals surface area contributed by atoms with Crippen molar-refractivity contribution in [1.29, 1.82) is 0 Å². The van der Waals surface area contributed by atoms with Crippen LogP contribution in [0.1, 0.15) is 46.7 Å². The predicted molar refractivity (Wildman–Crippen MR) is 89.1 cm³/mol. The van der Waals surface area contributed by atoms with Gasteiger partial charge in [-0.1, -0.05) is 0 Å². The van der Waals surface area contributed by atoms with Crippen molar-refractivity contribution in [2.24, 2.45) is 7.05 Å². The Bertz CT molecular complexity index is 751. The van der Waals surface area contributed by atoms with Crippen LogP contribution in [0.3, 0.4) is 0 Å². The van der Waals surface area contributed by atoms with Crippen molar-refractivity contribution in [3.63, 3.8) is 0 Å². The molecule has 1 aliphatic heterocycles. The summed E-state index contributed by atoms with van der Waals surface area (Å²) in [5.74, 6) is 0.488. The van der Waals surface area contributed by atoms with Gasteiger partial charge < -0.3 is 19.0 Å². The molecule has 2 aromatic rings. The van der Waals surface area contributed by atoms with Crippen molar-refractivity contribution in [1.82, 2.24) is 24.8 Å². The minimum atomic E-state index is -0.222. The fourth-order valence-electron chi connectivity index (χ4n) is 3.45. The molecule has 1 amide bonds. The zero-order chi connectivity index (χ0) is 17.4. The first-order valence-electron chi connectivity index (χ1n) is 8.64. The first kappa shape index (κ1) is 16.3. The van der Waals surface area contributed by atoms with E-state index in [-0.39, 0.29) is 18.1 Å². The highest BCUT2D eigenvalue weighted by Gasteiger charge is 2.35. The lowest BCUT2D eigenvalue weighted by Crippen LogP contribution is -2.48. The van der Waals surface area contributed by atoms with E-state index in [9.17, 15) is 4.79 Å². The Balaban J connectivity index is 1.46. The van der Waals surface area contributed by atoms with Gasteiger partial charge in [0, 0.05) is 32.3 Å². The lowest BCUT2D eigenvalue weighted by molar-refractivity contribution is -0.0627. The largest absolute Gasteiger partial charge is 0.438 e. The Labute approximate surface area is 146 Å². The third-order valence-electron chi connectivity index (χ3n) is 4.99. The Morgan fingerprint density at radius 3 is 2.96 bits per heavy atom. The molecule has 0 bridgehead atoms. The van der Waals surface area contributed by atoms with Gasteiger partial charge in [0.1, 0.15) is 0 Å². The number of carbonyl (C=O) groups is 1. The predicted octanol–water partition coefficient (Wildman–Crippen LogP) is 1.09. The minimum absolute atomic E-state index is 0.0409. The number of oxazole rings is 1. The molecular formula is C17H23N5O3. The van der Waals surface area contributed by atoms with E-state index in [2.05, 4.69) is 27.2 Å². The number of rotatable bonds is 5. The number of aryl methyl sites for hydroxylation is 1. The van der Waals surface area contributed by atoms with Crippen LogP contribution in [0.5, 0.6) is 0 Å². The molecule has 2 atom stereocenters. The van der Waals surface area contributed by atoms with Crippen molar-refractivity contribution < 1.29 is 13.9 Å². The number of ether oxygens (including phenoxy) is 1. The van der Waals surface area contributed by atoms with Gasteiger partial charge in [0.2, 0.25) is 5.76 Å². The molecule has 25 heavy (non-hydrogen) atoms. The number of likely N-dealkylation sites (N-methyl/N-ethyl adjacent to an activating group) is 1. The second-order valence-corrected chi connectivity index (χ2v) is 6.82. The second kappa shape index (κ2) is 6.61. The highest BCUT2D eigenvalue weighted by atomic mass is 16.5. The van der Waals surface area contributed by atoms with E-state index in [0.717, 1.165) is 30.8 Å². The number of aromatic nitrogens is 3. The summed E-state index contributed by atoms with van der Waals surface area (Å²) in [6, 6.07) is 0.0409. The number of amides is 1. The molecule has 2 aromatic heterocycles. The molecule has 134 valence electrons. The molecule has 1 saturated heterocycles. The molecule has 1 N–H and O–H groups in total. The molecule has 2 aliphatic rings. The first-order chi connectivity index (χ1) is 12.1. The molecule has 8 heteroatoms. The van der Waals surface area contributed by atoms with Gasteiger partial charge in [-0.25, -0.2) is 9.97 Å². The Morgan fingerprint density at radius 2 is 2.24 bits per heavy atom. The van der Waals surface area contributed by atoms with Crippen LogP contribution in [-0.2, 0) is 11.8 Å². The molecule has 8 nitrogen and oxygen atoms in total. The molecule has 0 unspecified atom stereocenters. The monoisotopic (exact) mass is 345 g/mol. The molecule has 0 aromatic carbocycles. The van der Waals surface area contributed by atoms with Crippen LogP contribution in [-0.4, -0.2) is 58.2 Å². The summed E-state index contributed by atoms with van der Waals surface area (Å²) in [6.07, 6.45) is 6.99. The number of morpholine rings is 1. The average Bonchev–Trinajstić information content (AvgIpc) is 3.17. The third kappa shape index (κ3) is 3.19. The highest BCUT2D eigenvalue weighted by molar-refractivity contribution is 5.92. The number of hydrogen-bond acceptors (Lipinski definition) is 6. The fraction of sp³-hybridized carbons (Fsp3) is 0.588. The SMILES string of the molecule is CN1CCO[C@@H](CNC(=O)c2ocnc2C2CC2)[C@@H]1c1cncn1C. The van der Waals surface area contributed by atoms with Crippen LogP contribution >= 0.6 is 0 Å². The van der Waals surface area contributed by atoms with E-state index in [1.54, 1.807) is 6.33 Å². The van der Waals surface area contributed by atoms with Crippen LogP contribution in [0.2, 0.25) is 0 Å². The average molecular weight is 345 g/mol. The van der Waals surface area contributed by atoms with Gasteiger partial charge >= 0.3 is 0 Å². The smallest absolute Gasteiger partial charge is 0.289 e. The number of nitrogens with one attached hydrogen (secondary N) is 1. The van der Waals surface area contributed by atoms with E-state index in [0.29, 0.717) is 24.8 Å². The van der Waals surface area contributed by atoms with E-state index in [4.69, 9.17) is 9.15 Å². The van der Waals surface area contributed by atoms with Gasteiger partial charge in [-0.05, 0) is 19.9 Å². The van der Waals surface area contributed by atoms with Crippen molar-refractivity contribution in [2.75, 3.05) is 26.7 Å². The summed E-state index contributed by atoms with van der Waals surface area (Å²) in [4.78, 5) is 23.2. The van der Waals surface area contributed by atoms with Crippen molar-refractivity contribution >= 4 is 5.91 Å². The van der Waals surface area contributed by atoms with E-state index < -0.39 is 0 Å². The molecule has 1 saturated carbocycles. The molecule has 0 spiro atoms. The quantitative estimate of drug-likeness (QED) is 0.873. The van der Waals surface area contributed by atoms with E-state index in [1.165, 1.54) is 6.39 Å². The Kier molecular flexibility index (Phi) is 4.30. The molecular weight excluding hydrogens is 322 g/mol. The van der Waals surface area contributed by atoms with E-state index in [1.807, 2.05) is 17.8 Å². The summed E-state index contributed by atoms with van der Waals surface area (Å²) < 4.78 is 13.3. The number of hydrogen-bond donors (Lipinski definition) is 1. The first-order valence-corrected chi connectivity index (χ1v) is 8.64. The Morgan fingerprint density at radius 1 is 1.40 bits per heavy atom. The van der Waals surface area contributed by atoms with Crippen LogP contribution in [0.25, 0.3) is 0 Å². The molecule has 4 rings (SSSR count). The van der Waals surface area contributed by atoms with Gasteiger partial charge in [0.25, 0.3) is 5.91 Å². The number of nitrogens with zero attached hydrogens (tertiary/aromatic N) is 4. The maximum atomic E-state index is 12.5. The number of imidazole rings is 1. The van der Waals surface area contributed by atoms with Crippen molar-refractivity contribution in [3.8, 4) is 0 Å². The van der Waals surface area contributed by atoms with Crippen LogP contribution in [0.15, 0.2) is 23.3 Å². The highest BCUT2D eigenvalue weighted by Crippen LogP contribution is 2.40. The summed E-state index contributed by atoms with van der Waals surface area (Å²) >= 11 is 0. The number of carbonyl (C=O) groups excluding carboxylic acids is 1. The Hall–Kier alpha value is -2.19. The maximum Gasteiger partial charge on any atom is 0.289 e. The van der Waals surface area contributed by atoms with Gasteiger partial charge in [-0.2, -0.15) is 0 Å². The standard InChI is InChI=1S/C17H23N5O3/c1-21-5-6-24-13(15(21)12-7-18-9-22(12)2)8-19-17(23)16-14(11-3-4-11)20-10-25-16/h7,9-11,13,15H,3-6,8H2,1-2H3,(H,19,23)/t13-,15-/m0/s1. The van der Waals surface area contributed by atoms with Crippen LogP contribution in [0, 0.1) is 0 Å². The maximum absolute atomic E-state index is 12.5. The summed E-state index contributed by atoms with van der Waals surface area (Å²) in [6.45, 7) is 1.89. The molecule has 0 radical (unpaired) electrons. The third-order valence-corrected chi connectivity index (χ3v) is 4.99. The zero-order valence-corrected chi connectivity index (χ0v) is 14.5. The van der Waals surface area contributed by atoms with Gasteiger partial charge in [-0.3, -0.25) is 9.69 Å². The van der Waals surface area contributed by atoms with Gasteiger partial charge in [-0.15, -0.1) is 0 Å². The summed E-state index contributed by atoms with van der Waals surface area (Å²) in [5.41, 5.74) is 1.85. The fourth-order valence-corrected chi connectivity index (χ4v) is 3.45. The molecule has 3 heterocycles. The molecule has 2 fully saturated rings. The van der Waals surface area contributed by atoms with Crippen molar-refractivity contribution in [3.05, 3.63) is 36.1 Å². The topological polar surface area (TPSA) is 85.4 Å². The van der Waals surface area contributed by atoms with Gasteiger partial charge in [0.05, 0.1) is 36.5 Å². The zero-order valence-electron chi connectivity index (χ0n) is 14.5. The van der Waals surface area contributed by atoms with Crippen molar-refractivity contribution in [2.45, 2.75) is 30.9 Å². The van der Waals surface area contributed by atoms with E-state index >= 15 is 0 Å².